The van der Waals surface area contributed by atoms with Gasteiger partial charge in [0.1, 0.15) is 73.2 Å². The minimum atomic E-state index is -1.98. The first-order valence-corrected chi connectivity index (χ1v) is 34.3. The van der Waals surface area contributed by atoms with Crippen LogP contribution in [0.3, 0.4) is 0 Å². The highest BCUT2D eigenvalue weighted by Gasteiger charge is 2.53. The molecule has 12 N–H and O–H groups in total. The quantitative estimate of drug-likeness (QED) is 0.0200. The zero-order valence-electron chi connectivity index (χ0n) is 54.1. The highest BCUT2D eigenvalue weighted by atomic mass is 16.8. The largest absolute Gasteiger partial charge is 0.394 e. The van der Waals surface area contributed by atoms with Crippen molar-refractivity contribution in [1.82, 2.24) is 5.32 Å². The van der Waals surface area contributed by atoms with Crippen molar-refractivity contribution in [2.24, 2.45) is 0 Å². The van der Waals surface area contributed by atoms with Crippen LogP contribution in [-0.4, -0.2) is 193 Å². The maximum absolute atomic E-state index is 13.4. The Morgan fingerprint density at radius 3 is 1.21 bits per heavy atom. The van der Waals surface area contributed by atoms with Gasteiger partial charge in [0, 0.05) is 6.42 Å². The van der Waals surface area contributed by atoms with Crippen molar-refractivity contribution in [3.05, 3.63) is 85.1 Å². The summed E-state index contributed by atoms with van der Waals surface area (Å²) in [5, 5.41) is 120. The third kappa shape index (κ3) is 33.6. The number of amides is 1. The van der Waals surface area contributed by atoms with Crippen LogP contribution < -0.4 is 5.32 Å². The molecule has 3 aliphatic rings. The minimum absolute atomic E-state index is 0.238. The Bertz CT molecular complexity index is 1940. The van der Waals surface area contributed by atoms with Gasteiger partial charge in [-0.15, -0.1) is 0 Å². The smallest absolute Gasteiger partial charge is 0.220 e. The van der Waals surface area contributed by atoms with Crippen LogP contribution in [0, 0.1) is 0 Å². The minimum Gasteiger partial charge on any atom is -0.394 e. The van der Waals surface area contributed by atoms with E-state index in [9.17, 15) is 61.0 Å². The van der Waals surface area contributed by atoms with Crippen LogP contribution in [0.1, 0.15) is 219 Å². The van der Waals surface area contributed by atoms with Crippen LogP contribution in [0.25, 0.3) is 0 Å². The van der Waals surface area contributed by atoms with Gasteiger partial charge in [0.05, 0.1) is 38.6 Å². The topological polar surface area (TPSA) is 307 Å². The van der Waals surface area contributed by atoms with E-state index in [1.807, 2.05) is 6.08 Å². The van der Waals surface area contributed by atoms with E-state index in [4.69, 9.17) is 28.4 Å². The summed E-state index contributed by atoms with van der Waals surface area (Å²) in [4.78, 5) is 13.4. The first-order valence-electron chi connectivity index (χ1n) is 34.3. The fraction of sp³-hybridized carbons (Fsp3) is 0.786. The molecule has 3 fully saturated rings. The van der Waals surface area contributed by atoms with Crippen molar-refractivity contribution >= 4 is 5.91 Å². The summed E-state index contributed by atoms with van der Waals surface area (Å²) in [5.41, 5.74) is 0. The molecule has 0 spiro atoms. The van der Waals surface area contributed by atoms with Crippen molar-refractivity contribution in [1.29, 1.82) is 0 Å². The molecule has 0 saturated carbocycles. The molecule has 0 bridgehead atoms. The first kappa shape index (κ1) is 80.2. The van der Waals surface area contributed by atoms with E-state index in [1.54, 1.807) is 6.08 Å². The van der Waals surface area contributed by atoms with Gasteiger partial charge in [0.15, 0.2) is 18.9 Å². The first-order chi connectivity index (χ1) is 43.3. The third-order valence-corrected chi connectivity index (χ3v) is 16.7. The Hall–Kier alpha value is -3.03. The molecule has 17 atom stereocenters. The molecular formula is C70H121NO18. The molecule has 0 aromatic heterocycles. The number of ether oxygens (including phenoxy) is 6. The standard InChI is InChI=1S/C70H121NO18/c1-3-5-7-9-11-13-15-16-17-18-19-20-21-22-23-24-25-26-27-28-29-30-31-32-33-34-35-36-38-40-42-44-46-48-58(76)71-53(54(75)47-45-43-41-39-37-14-12-10-8-6-4-2)52-84-68-64(82)61(79)66(56(50-73)86-68)89-70-65(83)62(80)67(57(51-74)87-70)88-69-63(81)60(78)59(77)55(49-72)85-69/h5,7,11,13,16-17,19-20,22-23,25-26,45,47,53-57,59-70,72-75,77-83H,3-4,6,8-10,12,14-15,18,21,24,27-44,46,48-52H2,1-2H3,(H,71,76)/b7-5-,13-11-,17-16-,20-19-,23-22-,26-25-,47-45+. The highest BCUT2D eigenvalue weighted by molar-refractivity contribution is 5.76. The van der Waals surface area contributed by atoms with Crippen molar-refractivity contribution in [3.8, 4) is 0 Å². The summed E-state index contributed by atoms with van der Waals surface area (Å²) in [5.74, 6) is -0.281. The number of aliphatic hydroxyl groups excluding tert-OH is 11. The molecule has 0 aromatic rings. The Morgan fingerprint density at radius 2 is 0.775 bits per heavy atom. The van der Waals surface area contributed by atoms with Gasteiger partial charge in [-0.3, -0.25) is 4.79 Å². The molecule has 3 rings (SSSR count). The van der Waals surface area contributed by atoms with Gasteiger partial charge < -0.3 is 89.9 Å². The van der Waals surface area contributed by atoms with Gasteiger partial charge in [-0.05, 0) is 70.6 Å². The third-order valence-electron chi connectivity index (χ3n) is 16.7. The van der Waals surface area contributed by atoms with E-state index in [-0.39, 0.29) is 18.9 Å². The van der Waals surface area contributed by atoms with Gasteiger partial charge in [0.25, 0.3) is 0 Å². The van der Waals surface area contributed by atoms with Crippen molar-refractivity contribution in [2.75, 3.05) is 26.4 Å². The average Bonchev–Trinajstić information content (AvgIpc) is 1.33. The fourth-order valence-corrected chi connectivity index (χ4v) is 11.1. The summed E-state index contributed by atoms with van der Waals surface area (Å²) in [7, 11) is 0. The lowest BCUT2D eigenvalue weighted by molar-refractivity contribution is -0.379. The lowest BCUT2D eigenvalue weighted by atomic mass is 9.96. The molecular weight excluding hydrogens is 1140 g/mol. The number of rotatable bonds is 51. The van der Waals surface area contributed by atoms with E-state index in [2.05, 4.69) is 92.1 Å². The maximum Gasteiger partial charge on any atom is 0.220 e. The summed E-state index contributed by atoms with van der Waals surface area (Å²) in [6.07, 6.45) is 38.6. The van der Waals surface area contributed by atoms with Crippen LogP contribution >= 0.6 is 0 Å². The van der Waals surface area contributed by atoms with E-state index < -0.39 is 124 Å². The van der Waals surface area contributed by atoms with Gasteiger partial charge >= 0.3 is 0 Å². The number of hydrogen-bond acceptors (Lipinski definition) is 18. The number of carbonyl (C=O) groups excluding carboxylic acids is 1. The van der Waals surface area contributed by atoms with Crippen molar-refractivity contribution in [3.63, 3.8) is 0 Å². The summed E-state index contributed by atoms with van der Waals surface area (Å²) in [6, 6.07) is -0.976. The van der Waals surface area contributed by atoms with E-state index in [0.29, 0.717) is 6.42 Å². The zero-order valence-corrected chi connectivity index (χ0v) is 54.1. The average molecular weight is 1260 g/mol. The SMILES string of the molecule is CC/C=C\C/C=C\C/C=C\C/C=C\C/C=C\C/C=C\CCCCCCCCCCCCCCCCC(=O)NC(COC1OC(CO)C(OC2OC(CO)C(OC3OC(CO)C(O)C(O)C3O)C(O)C2O)C(O)C1O)C(O)/C=C/CCCCCCCCCCC. The lowest BCUT2D eigenvalue weighted by Gasteiger charge is -2.48. The van der Waals surface area contributed by atoms with Crippen LogP contribution in [0.15, 0.2) is 85.1 Å². The molecule has 1 amide bonds. The predicted octanol–water partition coefficient (Wildman–Crippen LogP) is 8.71. The molecule has 514 valence electrons. The van der Waals surface area contributed by atoms with Crippen LogP contribution in [-0.2, 0) is 33.2 Å². The second-order valence-electron chi connectivity index (χ2n) is 24.3. The molecule has 3 aliphatic heterocycles. The zero-order chi connectivity index (χ0) is 64.7. The number of unbranched alkanes of at least 4 members (excludes halogenated alkanes) is 23. The summed E-state index contributed by atoms with van der Waals surface area (Å²) >= 11 is 0. The molecule has 0 aromatic carbocycles. The van der Waals surface area contributed by atoms with E-state index >= 15 is 0 Å². The molecule has 89 heavy (non-hydrogen) atoms. The predicted molar refractivity (Wildman–Crippen MR) is 346 cm³/mol. The van der Waals surface area contributed by atoms with Crippen LogP contribution in [0.2, 0.25) is 0 Å². The number of aliphatic hydroxyl groups is 11. The second-order valence-corrected chi connectivity index (χ2v) is 24.3. The Labute approximate surface area is 533 Å². The Kier molecular flexibility index (Phi) is 46.3. The highest BCUT2D eigenvalue weighted by Crippen LogP contribution is 2.33. The fourth-order valence-electron chi connectivity index (χ4n) is 11.1. The van der Waals surface area contributed by atoms with Gasteiger partial charge in [-0.25, -0.2) is 0 Å². The molecule has 0 radical (unpaired) electrons. The molecule has 17 unspecified atom stereocenters. The number of hydrogen-bond donors (Lipinski definition) is 12. The number of carbonyl (C=O) groups is 1. The van der Waals surface area contributed by atoms with Crippen molar-refractivity contribution < 1.29 is 89.4 Å². The normalized spacial score (nSPS) is 28.8. The molecule has 19 heteroatoms. The van der Waals surface area contributed by atoms with Crippen molar-refractivity contribution in [2.45, 2.75) is 324 Å². The van der Waals surface area contributed by atoms with Crippen LogP contribution in [0.5, 0.6) is 0 Å². The lowest BCUT2D eigenvalue weighted by Crippen LogP contribution is -2.66. The second kappa shape index (κ2) is 51.4. The summed E-state index contributed by atoms with van der Waals surface area (Å²) in [6.45, 7) is 1.58. The van der Waals surface area contributed by atoms with Gasteiger partial charge in [0.2, 0.25) is 5.91 Å². The maximum atomic E-state index is 13.4. The molecule has 3 heterocycles. The van der Waals surface area contributed by atoms with Crippen LogP contribution in [0.4, 0.5) is 0 Å². The Morgan fingerprint density at radius 1 is 0.416 bits per heavy atom. The molecule has 0 aliphatic carbocycles. The monoisotopic (exact) mass is 1260 g/mol. The van der Waals surface area contributed by atoms with E-state index in [1.165, 1.54) is 103 Å². The molecule has 3 saturated heterocycles. The number of nitrogens with one attached hydrogen (secondary N) is 1. The summed E-state index contributed by atoms with van der Waals surface area (Å²) < 4.78 is 34.3. The van der Waals surface area contributed by atoms with Gasteiger partial charge in [-0.1, -0.05) is 227 Å². The van der Waals surface area contributed by atoms with E-state index in [0.717, 1.165) is 89.9 Å². The number of allylic oxidation sites excluding steroid dienone is 13. The molecule has 19 nitrogen and oxygen atoms in total. The van der Waals surface area contributed by atoms with Gasteiger partial charge in [-0.2, -0.15) is 0 Å². The Balaban J connectivity index is 1.35.